The zero-order valence-corrected chi connectivity index (χ0v) is 16.4. The van der Waals surface area contributed by atoms with Gasteiger partial charge >= 0.3 is 0 Å². The minimum Gasteiger partial charge on any atom is -0.507 e. The normalized spacial score (nSPS) is 12.4. The van der Waals surface area contributed by atoms with E-state index in [0.717, 1.165) is 17.5 Å². The van der Waals surface area contributed by atoms with Crippen LogP contribution in [0.3, 0.4) is 0 Å². The number of aryl methyl sites for hydroxylation is 3. The maximum absolute atomic E-state index is 10.8. The predicted molar refractivity (Wildman–Crippen MR) is 102 cm³/mol. The number of nitrogens with zero attached hydrogens (tertiary/aromatic N) is 3. The summed E-state index contributed by atoms with van der Waals surface area (Å²) < 4.78 is 0. The summed E-state index contributed by atoms with van der Waals surface area (Å²) in [5.74, 6) is 2.01. The van der Waals surface area contributed by atoms with E-state index in [1.807, 2.05) is 6.92 Å². The molecule has 2 aromatic rings. The van der Waals surface area contributed by atoms with Gasteiger partial charge in [0.1, 0.15) is 17.4 Å². The molecule has 2 rings (SSSR count). The van der Waals surface area contributed by atoms with Gasteiger partial charge in [-0.05, 0) is 40.9 Å². The fourth-order valence-corrected chi connectivity index (χ4v) is 2.91. The van der Waals surface area contributed by atoms with Crippen LogP contribution in [0.2, 0.25) is 0 Å². The Balaban J connectivity index is 2.40. The van der Waals surface area contributed by atoms with E-state index in [2.05, 4.69) is 68.6 Å². The van der Waals surface area contributed by atoms with Crippen LogP contribution in [0.4, 0.5) is 5.95 Å². The van der Waals surface area contributed by atoms with Crippen molar-refractivity contribution in [3.05, 3.63) is 40.5 Å². The first-order valence-corrected chi connectivity index (χ1v) is 8.72. The van der Waals surface area contributed by atoms with E-state index in [1.54, 1.807) is 0 Å². The number of nitrogen functional groups attached to an aromatic ring is 1. The third-order valence-corrected chi connectivity index (χ3v) is 4.23. The molecule has 25 heavy (non-hydrogen) atoms. The molecule has 0 saturated heterocycles. The molecule has 0 unspecified atom stereocenters. The standard InChI is InChI=1S/C20H30N4O/c1-12-22-16(24-18(21)23-12)9-8-13-10-14(19(2,3)4)17(25)15(11-13)20(5,6)7/h10-11,25H,8-9H2,1-7H3,(H2,21,22,23,24). The number of phenolic OH excluding ortho intramolecular Hbond substituents is 1. The second-order valence-electron chi connectivity index (χ2n) is 8.70. The van der Waals surface area contributed by atoms with Gasteiger partial charge in [0.05, 0.1) is 0 Å². The Morgan fingerprint density at radius 2 is 1.40 bits per heavy atom. The summed E-state index contributed by atoms with van der Waals surface area (Å²) in [5, 5.41) is 10.8. The Bertz CT molecular complexity index is 715. The van der Waals surface area contributed by atoms with Crippen molar-refractivity contribution in [2.24, 2.45) is 0 Å². The van der Waals surface area contributed by atoms with Gasteiger partial charge in [-0.1, -0.05) is 53.7 Å². The van der Waals surface area contributed by atoms with Crippen molar-refractivity contribution in [3.8, 4) is 5.75 Å². The maximum Gasteiger partial charge on any atom is 0.223 e. The Labute approximate surface area is 150 Å². The van der Waals surface area contributed by atoms with Gasteiger partial charge in [-0.2, -0.15) is 9.97 Å². The lowest BCUT2D eigenvalue weighted by atomic mass is 9.78. The summed E-state index contributed by atoms with van der Waals surface area (Å²) in [6.45, 7) is 14.5. The average Bonchev–Trinajstić information content (AvgIpc) is 2.42. The summed E-state index contributed by atoms with van der Waals surface area (Å²) in [7, 11) is 0. The first-order valence-electron chi connectivity index (χ1n) is 8.72. The Kier molecular flexibility index (Phi) is 5.07. The number of nitrogens with two attached hydrogens (primary N) is 1. The van der Waals surface area contributed by atoms with Crippen LogP contribution in [-0.4, -0.2) is 20.1 Å². The second kappa shape index (κ2) is 6.62. The monoisotopic (exact) mass is 342 g/mol. The zero-order valence-electron chi connectivity index (χ0n) is 16.4. The van der Waals surface area contributed by atoms with E-state index < -0.39 is 0 Å². The van der Waals surface area contributed by atoms with E-state index >= 15 is 0 Å². The molecule has 5 nitrogen and oxygen atoms in total. The maximum atomic E-state index is 10.8. The number of phenols is 1. The minimum atomic E-state index is -0.131. The first kappa shape index (κ1) is 19.2. The van der Waals surface area contributed by atoms with E-state index in [0.29, 0.717) is 23.8 Å². The van der Waals surface area contributed by atoms with Crippen LogP contribution >= 0.6 is 0 Å². The van der Waals surface area contributed by atoms with Crippen molar-refractivity contribution in [3.63, 3.8) is 0 Å². The third kappa shape index (κ3) is 4.68. The molecule has 0 fully saturated rings. The molecule has 1 aromatic heterocycles. The van der Waals surface area contributed by atoms with Crippen molar-refractivity contribution < 1.29 is 5.11 Å². The van der Waals surface area contributed by atoms with Crippen molar-refractivity contribution in [1.82, 2.24) is 15.0 Å². The highest BCUT2D eigenvalue weighted by Crippen LogP contribution is 2.39. The second-order valence-corrected chi connectivity index (χ2v) is 8.70. The molecule has 0 saturated carbocycles. The van der Waals surface area contributed by atoms with Crippen LogP contribution in [0.1, 0.15) is 69.9 Å². The minimum absolute atomic E-state index is 0.131. The zero-order chi connectivity index (χ0) is 19.0. The number of aromatic nitrogens is 3. The van der Waals surface area contributed by atoms with Crippen molar-refractivity contribution >= 4 is 5.95 Å². The quantitative estimate of drug-likeness (QED) is 0.885. The van der Waals surface area contributed by atoms with Crippen LogP contribution in [0.15, 0.2) is 12.1 Å². The molecule has 0 spiro atoms. The highest BCUT2D eigenvalue weighted by atomic mass is 16.3. The van der Waals surface area contributed by atoms with Crippen LogP contribution in [0, 0.1) is 6.92 Å². The molecule has 0 atom stereocenters. The van der Waals surface area contributed by atoms with Gasteiger partial charge in [0.2, 0.25) is 5.95 Å². The molecule has 0 aliphatic heterocycles. The lowest BCUT2D eigenvalue weighted by Gasteiger charge is -2.28. The molecule has 0 bridgehead atoms. The number of rotatable bonds is 3. The fraction of sp³-hybridized carbons (Fsp3) is 0.550. The Hall–Kier alpha value is -2.17. The van der Waals surface area contributed by atoms with Gasteiger partial charge in [0, 0.05) is 6.42 Å². The van der Waals surface area contributed by atoms with Gasteiger partial charge in [-0.3, -0.25) is 0 Å². The van der Waals surface area contributed by atoms with Crippen LogP contribution < -0.4 is 5.73 Å². The smallest absolute Gasteiger partial charge is 0.223 e. The molecule has 3 N–H and O–H groups in total. The van der Waals surface area contributed by atoms with E-state index in [9.17, 15) is 5.11 Å². The number of hydrogen-bond donors (Lipinski definition) is 2. The van der Waals surface area contributed by atoms with E-state index in [1.165, 1.54) is 5.56 Å². The van der Waals surface area contributed by atoms with Crippen LogP contribution in [0.25, 0.3) is 0 Å². The largest absolute Gasteiger partial charge is 0.507 e. The molecule has 0 aliphatic carbocycles. The highest BCUT2D eigenvalue weighted by Gasteiger charge is 2.26. The SMILES string of the molecule is Cc1nc(N)nc(CCc2cc(C(C)(C)C)c(O)c(C(C)(C)C)c2)n1. The van der Waals surface area contributed by atoms with E-state index in [-0.39, 0.29) is 16.8 Å². The Morgan fingerprint density at radius 3 is 1.84 bits per heavy atom. The number of hydrogen-bond acceptors (Lipinski definition) is 5. The molecule has 136 valence electrons. The van der Waals surface area contributed by atoms with Gasteiger partial charge in [-0.25, -0.2) is 4.98 Å². The fourth-order valence-electron chi connectivity index (χ4n) is 2.91. The van der Waals surface area contributed by atoms with Gasteiger partial charge in [0.25, 0.3) is 0 Å². The lowest BCUT2D eigenvalue weighted by molar-refractivity contribution is 0.422. The van der Waals surface area contributed by atoms with Crippen molar-refractivity contribution in [1.29, 1.82) is 0 Å². The van der Waals surface area contributed by atoms with Crippen LogP contribution in [-0.2, 0) is 23.7 Å². The van der Waals surface area contributed by atoms with Gasteiger partial charge in [-0.15, -0.1) is 0 Å². The summed E-state index contributed by atoms with van der Waals surface area (Å²) >= 11 is 0. The number of aromatic hydroxyl groups is 1. The lowest BCUT2D eigenvalue weighted by Crippen LogP contribution is -2.18. The molecule has 5 heteroatoms. The van der Waals surface area contributed by atoms with Crippen molar-refractivity contribution in [2.45, 2.75) is 72.1 Å². The topological polar surface area (TPSA) is 84.9 Å². The van der Waals surface area contributed by atoms with Crippen molar-refractivity contribution in [2.75, 3.05) is 5.73 Å². The first-order chi connectivity index (χ1) is 11.4. The molecular formula is C20H30N4O. The number of benzene rings is 1. The molecule has 0 radical (unpaired) electrons. The summed E-state index contributed by atoms with van der Waals surface area (Å²) in [6.07, 6.45) is 1.47. The predicted octanol–water partition coefficient (Wildman–Crippen LogP) is 3.85. The van der Waals surface area contributed by atoms with Gasteiger partial charge < -0.3 is 10.8 Å². The molecule has 1 aromatic carbocycles. The number of anilines is 1. The van der Waals surface area contributed by atoms with E-state index in [4.69, 9.17) is 5.73 Å². The molecule has 1 heterocycles. The highest BCUT2D eigenvalue weighted by molar-refractivity contribution is 5.50. The summed E-state index contributed by atoms with van der Waals surface area (Å²) in [6, 6.07) is 4.20. The summed E-state index contributed by atoms with van der Waals surface area (Å²) in [5.41, 5.74) is 8.57. The molecule has 0 aliphatic rings. The third-order valence-electron chi connectivity index (χ3n) is 4.23. The summed E-state index contributed by atoms with van der Waals surface area (Å²) in [4.78, 5) is 12.6. The van der Waals surface area contributed by atoms with Crippen LogP contribution in [0.5, 0.6) is 5.75 Å². The Morgan fingerprint density at radius 1 is 0.880 bits per heavy atom. The molecule has 0 amide bonds. The molecular weight excluding hydrogens is 312 g/mol. The van der Waals surface area contributed by atoms with Gasteiger partial charge in [0.15, 0.2) is 0 Å². The average molecular weight is 342 g/mol.